The highest BCUT2D eigenvalue weighted by Crippen LogP contribution is 2.26. The predicted octanol–water partition coefficient (Wildman–Crippen LogP) is 3.74. The molecule has 0 N–H and O–H groups in total. The lowest BCUT2D eigenvalue weighted by Gasteiger charge is -2.16. The van der Waals surface area contributed by atoms with Gasteiger partial charge in [-0.2, -0.15) is 0 Å². The first kappa shape index (κ1) is 14.2. The number of nitrogens with zero attached hydrogens (tertiary/aromatic N) is 1. The van der Waals surface area contributed by atoms with Crippen molar-refractivity contribution in [3.63, 3.8) is 0 Å². The maximum Gasteiger partial charge on any atom is 0.138 e. The smallest absolute Gasteiger partial charge is 0.138 e. The molecule has 0 saturated carbocycles. The molecule has 0 atom stereocenters. The van der Waals surface area contributed by atoms with Gasteiger partial charge in [-0.25, -0.2) is 0 Å². The van der Waals surface area contributed by atoms with E-state index in [1.165, 1.54) is 15.6 Å². The third kappa shape index (κ3) is 3.64. The van der Waals surface area contributed by atoms with Gasteiger partial charge in [-0.1, -0.05) is 32.0 Å². The van der Waals surface area contributed by atoms with Crippen LogP contribution >= 0.6 is 11.3 Å². The zero-order valence-electron chi connectivity index (χ0n) is 11.7. The van der Waals surface area contributed by atoms with Crippen LogP contribution < -0.4 is 0 Å². The second kappa shape index (κ2) is 6.83. The van der Waals surface area contributed by atoms with Gasteiger partial charge < -0.3 is 4.90 Å². The summed E-state index contributed by atoms with van der Waals surface area (Å²) in [5.41, 5.74) is 1.19. The molecule has 2 rings (SSSR count). The normalized spacial score (nSPS) is 11.3. The molecule has 0 aliphatic rings. The van der Waals surface area contributed by atoms with Crippen molar-refractivity contribution in [2.24, 2.45) is 0 Å². The first-order valence-corrected chi connectivity index (χ1v) is 7.81. The SMILES string of the molecule is CCN(CC)CCC(=O)Cc1csc2ccccc12. The molecule has 0 amide bonds. The van der Waals surface area contributed by atoms with E-state index in [9.17, 15) is 4.79 Å². The van der Waals surface area contributed by atoms with Gasteiger partial charge in [-0.15, -0.1) is 11.3 Å². The van der Waals surface area contributed by atoms with E-state index in [1.807, 2.05) is 12.1 Å². The largest absolute Gasteiger partial charge is 0.303 e. The number of thiophene rings is 1. The minimum absolute atomic E-state index is 0.343. The molecule has 2 nitrogen and oxygen atoms in total. The number of rotatable bonds is 7. The molecule has 0 saturated heterocycles. The second-order valence-corrected chi connectivity index (χ2v) is 5.66. The van der Waals surface area contributed by atoms with Crippen molar-refractivity contribution >= 4 is 27.2 Å². The summed E-state index contributed by atoms with van der Waals surface area (Å²) in [6.07, 6.45) is 1.23. The summed E-state index contributed by atoms with van der Waals surface area (Å²) in [6, 6.07) is 8.31. The molecular weight excluding hydrogens is 254 g/mol. The van der Waals surface area contributed by atoms with E-state index in [-0.39, 0.29) is 0 Å². The fraction of sp³-hybridized carbons (Fsp3) is 0.438. The van der Waals surface area contributed by atoms with Crippen LogP contribution in [0, 0.1) is 0 Å². The van der Waals surface area contributed by atoms with Crippen LogP contribution in [0.15, 0.2) is 29.6 Å². The molecule has 1 aromatic carbocycles. The minimum atomic E-state index is 0.343. The number of hydrogen-bond acceptors (Lipinski definition) is 3. The molecule has 0 unspecified atom stereocenters. The number of hydrogen-bond donors (Lipinski definition) is 0. The Kier molecular flexibility index (Phi) is 5.11. The summed E-state index contributed by atoms with van der Waals surface area (Å²) in [4.78, 5) is 14.4. The van der Waals surface area contributed by atoms with E-state index in [2.05, 4.69) is 36.3 Å². The monoisotopic (exact) mass is 275 g/mol. The molecule has 0 fully saturated rings. The lowest BCUT2D eigenvalue weighted by atomic mass is 10.1. The molecule has 19 heavy (non-hydrogen) atoms. The maximum atomic E-state index is 12.1. The van der Waals surface area contributed by atoms with E-state index >= 15 is 0 Å². The Bertz CT molecular complexity index is 542. The Morgan fingerprint density at radius 1 is 1.21 bits per heavy atom. The molecule has 0 bridgehead atoms. The standard InChI is InChI=1S/C16H21NOS/c1-3-17(4-2)10-9-14(18)11-13-12-19-16-8-6-5-7-15(13)16/h5-8,12H,3-4,9-11H2,1-2H3. The molecular formula is C16H21NOS. The Morgan fingerprint density at radius 2 is 1.95 bits per heavy atom. The van der Waals surface area contributed by atoms with Gasteiger partial charge in [0.2, 0.25) is 0 Å². The molecule has 0 aliphatic carbocycles. The molecule has 1 aromatic heterocycles. The fourth-order valence-electron chi connectivity index (χ4n) is 2.29. The molecule has 0 radical (unpaired) electrons. The van der Waals surface area contributed by atoms with Crippen LogP contribution in [0.3, 0.4) is 0 Å². The second-order valence-electron chi connectivity index (χ2n) is 4.75. The topological polar surface area (TPSA) is 20.3 Å². The lowest BCUT2D eigenvalue weighted by Crippen LogP contribution is -2.26. The van der Waals surface area contributed by atoms with Gasteiger partial charge in [0.15, 0.2) is 0 Å². The number of benzene rings is 1. The van der Waals surface area contributed by atoms with Gasteiger partial charge in [0.05, 0.1) is 0 Å². The lowest BCUT2D eigenvalue weighted by molar-refractivity contribution is -0.118. The van der Waals surface area contributed by atoms with Crippen molar-refractivity contribution in [3.8, 4) is 0 Å². The van der Waals surface area contributed by atoms with Crippen molar-refractivity contribution in [1.82, 2.24) is 4.90 Å². The van der Waals surface area contributed by atoms with Crippen molar-refractivity contribution in [3.05, 3.63) is 35.2 Å². The quantitative estimate of drug-likeness (QED) is 0.767. The highest BCUT2D eigenvalue weighted by molar-refractivity contribution is 7.17. The fourth-order valence-corrected chi connectivity index (χ4v) is 3.26. The Morgan fingerprint density at radius 3 is 2.68 bits per heavy atom. The van der Waals surface area contributed by atoms with Crippen LogP contribution in [0.1, 0.15) is 25.8 Å². The molecule has 1 heterocycles. The summed E-state index contributed by atoms with van der Waals surface area (Å²) < 4.78 is 1.27. The Balaban J connectivity index is 1.95. The zero-order chi connectivity index (χ0) is 13.7. The van der Waals surface area contributed by atoms with Crippen LogP contribution in [0.25, 0.3) is 10.1 Å². The highest BCUT2D eigenvalue weighted by atomic mass is 32.1. The summed E-state index contributed by atoms with van der Waals surface area (Å²) in [6.45, 7) is 7.20. The summed E-state index contributed by atoms with van der Waals surface area (Å²) >= 11 is 1.73. The van der Waals surface area contributed by atoms with E-state index in [4.69, 9.17) is 0 Å². The number of fused-ring (bicyclic) bond motifs is 1. The van der Waals surface area contributed by atoms with Gasteiger partial charge >= 0.3 is 0 Å². The number of carbonyl (C=O) groups excluding carboxylic acids is 1. The van der Waals surface area contributed by atoms with Crippen molar-refractivity contribution in [1.29, 1.82) is 0 Å². The molecule has 2 aromatic rings. The number of carbonyl (C=O) groups is 1. The van der Waals surface area contributed by atoms with Gasteiger partial charge in [-0.3, -0.25) is 4.79 Å². The summed E-state index contributed by atoms with van der Waals surface area (Å²) in [7, 11) is 0. The third-order valence-electron chi connectivity index (χ3n) is 3.55. The van der Waals surface area contributed by atoms with Crippen molar-refractivity contribution in [2.75, 3.05) is 19.6 Å². The average Bonchev–Trinajstić information content (AvgIpc) is 2.83. The molecule has 0 spiro atoms. The predicted molar refractivity (Wildman–Crippen MR) is 82.9 cm³/mol. The van der Waals surface area contributed by atoms with Gasteiger partial charge in [0.1, 0.15) is 5.78 Å². The number of Topliss-reactive ketones (excluding diaryl/α,β-unsaturated/α-hetero) is 1. The van der Waals surface area contributed by atoms with Crippen LogP contribution in [0.4, 0.5) is 0 Å². The van der Waals surface area contributed by atoms with Crippen molar-refractivity contribution in [2.45, 2.75) is 26.7 Å². The molecule has 102 valence electrons. The first-order chi connectivity index (χ1) is 9.24. The van der Waals surface area contributed by atoms with E-state index < -0.39 is 0 Å². The Labute approximate surface area is 119 Å². The van der Waals surface area contributed by atoms with Gasteiger partial charge in [-0.05, 0) is 35.5 Å². The maximum absolute atomic E-state index is 12.1. The average molecular weight is 275 g/mol. The zero-order valence-corrected chi connectivity index (χ0v) is 12.5. The highest BCUT2D eigenvalue weighted by Gasteiger charge is 2.10. The summed E-state index contributed by atoms with van der Waals surface area (Å²) in [5.74, 6) is 0.343. The minimum Gasteiger partial charge on any atom is -0.303 e. The first-order valence-electron chi connectivity index (χ1n) is 6.93. The molecule has 3 heteroatoms. The third-order valence-corrected chi connectivity index (χ3v) is 4.56. The van der Waals surface area contributed by atoms with Gasteiger partial charge in [0, 0.05) is 24.1 Å². The van der Waals surface area contributed by atoms with E-state index in [0.717, 1.165) is 19.6 Å². The van der Waals surface area contributed by atoms with E-state index in [0.29, 0.717) is 18.6 Å². The van der Waals surface area contributed by atoms with Crippen LogP contribution in [-0.4, -0.2) is 30.3 Å². The number of ketones is 1. The van der Waals surface area contributed by atoms with Crippen LogP contribution in [0.5, 0.6) is 0 Å². The van der Waals surface area contributed by atoms with E-state index in [1.54, 1.807) is 11.3 Å². The molecule has 0 aliphatic heterocycles. The van der Waals surface area contributed by atoms with Crippen molar-refractivity contribution < 1.29 is 4.79 Å². The van der Waals surface area contributed by atoms with Gasteiger partial charge in [0.25, 0.3) is 0 Å². The van der Waals surface area contributed by atoms with Crippen LogP contribution in [-0.2, 0) is 11.2 Å². The summed E-state index contributed by atoms with van der Waals surface area (Å²) in [5, 5.41) is 3.36. The Hall–Kier alpha value is -1.19. The van der Waals surface area contributed by atoms with Crippen LogP contribution in [0.2, 0.25) is 0 Å².